The van der Waals surface area contributed by atoms with Crippen molar-refractivity contribution in [2.75, 3.05) is 159 Å². The van der Waals surface area contributed by atoms with Crippen LogP contribution >= 0.6 is 0 Å². The number of esters is 2. The third-order valence-corrected chi connectivity index (χ3v) is 6.14. The highest BCUT2D eigenvalue weighted by atomic mass is 16.6. The molecule has 0 aromatic heterocycles. The molecule has 15 nitrogen and oxygen atoms in total. The van der Waals surface area contributed by atoms with E-state index in [9.17, 15) is 9.59 Å². The van der Waals surface area contributed by atoms with Crippen LogP contribution in [0.4, 0.5) is 0 Å². The highest BCUT2D eigenvalue weighted by Crippen LogP contribution is 2.00. The fourth-order valence-corrected chi connectivity index (χ4v) is 3.60. The molecule has 0 atom stereocenters. The topological polar surface area (TPSA) is 154 Å². The highest BCUT2D eigenvalue weighted by molar-refractivity contribution is 5.69. The number of carbonyl (C=O) groups excluding carboxylic acids is 2. The van der Waals surface area contributed by atoms with Crippen molar-refractivity contribution in [2.24, 2.45) is 0 Å². The van der Waals surface area contributed by atoms with Crippen molar-refractivity contribution in [2.45, 2.75) is 52.4 Å². The molecule has 0 saturated heterocycles. The van der Waals surface area contributed by atoms with Gasteiger partial charge < -0.3 is 61.6 Å². The van der Waals surface area contributed by atoms with Crippen LogP contribution in [0.3, 0.4) is 0 Å². The Morgan fingerprint density at radius 2 is 0.510 bits per heavy atom. The Balaban J connectivity index is 3.09. The lowest BCUT2D eigenvalue weighted by Gasteiger charge is -2.09. The predicted molar refractivity (Wildman–Crippen MR) is 180 cm³/mol. The van der Waals surface area contributed by atoms with Crippen LogP contribution in [0.25, 0.3) is 0 Å². The second-order valence-electron chi connectivity index (χ2n) is 10.4. The molecular weight excluding hydrogens is 648 g/mol. The Kier molecular flexibility index (Phi) is 41.4. The van der Waals surface area contributed by atoms with E-state index in [4.69, 9.17) is 61.6 Å². The molecule has 0 aromatic carbocycles. The van der Waals surface area contributed by atoms with Gasteiger partial charge in [0.15, 0.2) is 0 Å². The zero-order valence-electron chi connectivity index (χ0n) is 30.3. The van der Waals surface area contributed by atoms with Crippen molar-refractivity contribution in [1.82, 2.24) is 0 Å². The Labute approximate surface area is 294 Å². The van der Waals surface area contributed by atoms with Gasteiger partial charge in [0.05, 0.1) is 145 Å². The summed E-state index contributed by atoms with van der Waals surface area (Å²) in [6.45, 7) is 14.9. The van der Waals surface area contributed by atoms with Crippen molar-refractivity contribution in [3.05, 3.63) is 0 Å². The minimum atomic E-state index is -0.191. The SMILES string of the molecule is CCCCCC(=O)OCCOCCOCCOCCOCCOCCOCCOCCOCCOCCOCCOCCOC(=O)CCC. The van der Waals surface area contributed by atoms with E-state index in [2.05, 4.69) is 6.92 Å². The summed E-state index contributed by atoms with van der Waals surface area (Å²) in [5, 5.41) is 0. The van der Waals surface area contributed by atoms with E-state index in [0.717, 1.165) is 25.7 Å². The highest BCUT2D eigenvalue weighted by Gasteiger charge is 2.02. The van der Waals surface area contributed by atoms with E-state index in [0.29, 0.717) is 158 Å². The molecule has 0 heterocycles. The second kappa shape index (κ2) is 42.7. The van der Waals surface area contributed by atoms with Crippen molar-refractivity contribution in [3.63, 3.8) is 0 Å². The van der Waals surface area contributed by atoms with Gasteiger partial charge in [-0.1, -0.05) is 26.7 Å². The maximum atomic E-state index is 11.5. The van der Waals surface area contributed by atoms with Crippen LogP contribution < -0.4 is 0 Å². The smallest absolute Gasteiger partial charge is 0.305 e. The molecular formula is C34H66O15. The summed E-state index contributed by atoms with van der Waals surface area (Å²) >= 11 is 0. The van der Waals surface area contributed by atoms with E-state index in [1.807, 2.05) is 6.92 Å². The number of unbranched alkanes of at least 4 members (excludes halogenated alkanes) is 2. The van der Waals surface area contributed by atoms with Gasteiger partial charge in [-0.25, -0.2) is 0 Å². The van der Waals surface area contributed by atoms with Crippen LogP contribution in [0.2, 0.25) is 0 Å². The van der Waals surface area contributed by atoms with Crippen LogP contribution in [0.15, 0.2) is 0 Å². The molecule has 0 aliphatic rings. The van der Waals surface area contributed by atoms with Gasteiger partial charge >= 0.3 is 11.9 Å². The van der Waals surface area contributed by atoms with Crippen LogP contribution in [0.1, 0.15) is 52.4 Å². The average Bonchev–Trinajstić information content (AvgIpc) is 3.10. The molecule has 0 fully saturated rings. The molecule has 0 N–H and O–H groups in total. The van der Waals surface area contributed by atoms with Gasteiger partial charge in [-0.3, -0.25) is 9.59 Å². The summed E-state index contributed by atoms with van der Waals surface area (Å²) in [5.41, 5.74) is 0. The maximum Gasteiger partial charge on any atom is 0.305 e. The summed E-state index contributed by atoms with van der Waals surface area (Å²) in [6, 6.07) is 0. The summed E-state index contributed by atoms with van der Waals surface area (Å²) < 4.78 is 69.9. The first-order chi connectivity index (χ1) is 24.2. The summed E-state index contributed by atoms with van der Waals surface area (Å²) in [6.07, 6.45) is 4.70. The van der Waals surface area contributed by atoms with Gasteiger partial charge in [0.2, 0.25) is 0 Å². The average molecular weight is 715 g/mol. The molecule has 292 valence electrons. The van der Waals surface area contributed by atoms with E-state index in [-0.39, 0.29) is 25.2 Å². The minimum Gasteiger partial charge on any atom is -0.463 e. The van der Waals surface area contributed by atoms with Crippen LogP contribution in [-0.4, -0.2) is 171 Å². The van der Waals surface area contributed by atoms with Crippen molar-refractivity contribution in [3.8, 4) is 0 Å². The zero-order valence-corrected chi connectivity index (χ0v) is 30.3. The molecule has 0 rings (SSSR count). The number of hydrogen-bond donors (Lipinski definition) is 0. The number of carbonyl (C=O) groups is 2. The standard InChI is InChI=1S/C34H66O15/c1-3-5-6-8-34(36)49-32-30-47-28-26-45-24-22-43-20-18-41-16-14-39-12-10-37-9-11-38-13-15-40-17-19-42-21-23-44-25-27-46-29-31-48-33(35)7-4-2/h3-32H2,1-2H3. The number of rotatable bonds is 42. The number of ether oxygens (including phenoxy) is 13. The monoisotopic (exact) mass is 714 g/mol. The molecule has 0 aromatic rings. The Morgan fingerprint density at radius 1 is 0.286 bits per heavy atom. The molecule has 0 aliphatic heterocycles. The van der Waals surface area contributed by atoms with Gasteiger partial charge in [0.1, 0.15) is 13.2 Å². The first-order valence-corrected chi connectivity index (χ1v) is 17.9. The molecule has 0 amide bonds. The van der Waals surface area contributed by atoms with E-state index in [1.54, 1.807) is 0 Å². The fourth-order valence-electron chi connectivity index (χ4n) is 3.60. The minimum absolute atomic E-state index is 0.163. The Bertz CT molecular complexity index is 671. The largest absolute Gasteiger partial charge is 0.463 e. The fraction of sp³-hybridized carbons (Fsp3) is 0.941. The van der Waals surface area contributed by atoms with Gasteiger partial charge in [-0.05, 0) is 12.8 Å². The van der Waals surface area contributed by atoms with Gasteiger partial charge in [0, 0.05) is 12.8 Å². The lowest BCUT2D eigenvalue weighted by molar-refractivity contribution is -0.146. The van der Waals surface area contributed by atoms with Crippen LogP contribution in [0.5, 0.6) is 0 Å². The zero-order chi connectivity index (χ0) is 35.6. The van der Waals surface area contributed by atoms with Crippen LogP contribution in [0, 0.1) is 0 Å². The first kappa shape index (κ1) is 47.5. The molecule has 0 bridgehead atoms. The Morgan fingerprint density at radius 3 is 0.735 bits per heavy atom. The second-order valence-corrected chi connectivity index (χ2v) is 10.4. The quantitative estimate of drug-likeness (QED) is 0.0672. The molecule has 49 heavy (non-hydrogen) atoms. The Hall–Kier alpha value is -1.50. The predicted octanol–water partition coefficient (Wildman–Crippen LogP) is 2.64. The molecule has 0 unspecified atom stereocenters. The normalized spacial score (nSPS) is 11.3. The molecule has 0 saturated carbocycles. The third-order valence-electron chi connectivity index (χ3n) is 6.14. The summed E-state index contributed by atoms with van der Waals surface area (Å²) in [4.78, 5) is 22.6. The van der Waals surface area contributed by atoms with Gasteiger partial charge in [-0.15, -0.1) is 0 Å². The maximum absolute atomic E-state index is 11.5. The molecule has 0 aliphatic carbocycles. The lowest BCUT2D eigenvalue weighted by atomic mass is 10.2. The van der Waals surface area contributed by atoms with E-state index in [1.165, 1.54) is 0 Å². The van der Waals surface area contributed by atoms with Crippen molar-refractivity contribution < 1.29 is 71.2 Å². The third kappa shape index (κ3) is 42.6. The van der Waals surface area contributed by atoms with Gasteiger partial charge in [0.25, 0.3) is 0 Å². The number of hydrogen-bond acceptors (Lipinski definition) is 15. The summed E-state index contributed by atoms with van der Waals surface area (Å²) in [7, 11) is 0. The molecule has 15 heteroatoms. The molecule has 0 spiro atoms. The van der Waals surface area contributed by atoms with Crippen LogP contribution in [-0.2, 0) is 71.2 Å². The summed E-state index contributed by atoms with van der Waals surface area (Å²) in [5.74, 6) is -0.354. The first-order valence-electron chi connectivity index (χ1n) is 17.9. The van der Waals surface area contributed by atoms with Crippen molar-refractivity contribution in [1.29, 1.82) is 0 Å². The van der Waals surface area contributed by atoms with E-state index >= 15 is 0 Å². The van der Waals surface area contributed by atoms with E-state index < -0.39 is 0 Å². The molecule has 0 radical (unpaired) electrons. The van der Waals surface area contributed by atoms with Gasteiger partial charge in [-0.2, -0.15) is 0 Å². The lowest BCUT2D eigenvalue weighted by Crippen LogP contribution is -2.16. The van der Waals surface area contributed by atoms with Crippen molar-refractivity contribution >= 4 is 11.9 Å².